The number of hydrogen-bond donors (Lipinski definition) is 11. The Balaban J connectivity index is 0.000000229. The number of rotatable bonds is 5. The minimum atomic E-state index is -2.26. The van der Waals surface area contributed by atoms with Gasteiger partial charge in [-0.25, -0.2) is 19.0 Å². The molecule has 2 fully saturated rings. The first kappa shape index (κ1) is 39.3. The molecule has 0 amide bonds. The molecule has 6 rings (SSSR count). The Labute approximate surface area is 278 Å². The van der Waals surface area contributed by atoms with Crippen LogP contribution in [0.1, 0.15) is 32.2 Å². The van der Waals surface area contributed by atoms with Crippen molar-refractivity contribution >= 4 is 28.6 Å². The molecule has 2 saturated heterocycles. The lowest BCUT2D eigenvalue weighted by molar-refractivity contribution is -0.290. The van der Waals surface area contributed by atoms with Crippen LogP contribution >= 0.6 is 0 Å². The number of hydrogen-bond acceptors (Lipinski definition) is 18. The van der Waals surface area contributed by atoms with Crippen molar-refractivity contribution in [3.05, 3.63) is 48.3 Å². The predicted molar refractivity (Wildman–Crippen MR) is 166 cm³/mol. The van der Waals surface area contributed by atoms with Crippen LogP contribution in [0.2, 0.25) is 0 Å². The van der Waals surface area contributed by atoms with Crippen LogP contribution in [0.4, 0.5) is 11.6 Å². The van der Waals surface area contributed by atoms with Crippen LogP contribution in [-0.2, 0) is 30.6 Å². The van der Waals surface area contributed by atoms with Crippen molar-refractivity contribution in [2.45, 2.75) is 68.0 Å². The third-order valence-corrected chi connectivity index (χ3v) is 8.14. The van der Waals surface area contributed by atoms with Crippen LogP contribution in [0.5, 0.6) is 0 Å². The maximum absolute atomic E-state index is 10.8. The average Bonchev–Trinajstić information content (AvgIpc) is 3.79. The SMILES string of the molecule is CC(=O)O.CO.CO[C@@]1(c2ccc3c(N)ncnn23)O[C@H](CO)[C@@H](O)[C@@]1(C)O.C[C@@]1(O)[C@H](O)[C@@H](CO)OC1(O)c1ccc2c(N)ncnn12. The molecule has 2 aliphatic rings. The number of ether oxygens (including phenoxy) is 3. The van der Waals surface area contributed by atoms with Crippen LogP contribution in [-0.4, -0.2) is 144 Å². The molecule has 21 heteroatoms. The number of carbonyl (C=O) groups is 1. The largest absolute Gasteiger partial charge is 0.481 e. The third kappa shape index (κ3) is 6.49. The van der Waals surface area contributed by atoms with Gasteiger partial charge in [0.2, 0.25) is 11.6 Å². The normalized spacial score (nSPS) is 32.1. The number of nitrogens with two attached hydrogens (primary N) is 2. The molecule has 0 saturated carbocycles. The third-order valence-electron chi connectivity index (χ3n) is 8.14. The number of carboxylic acids is 1. The summed E-state index contributed by atoms with van der Waals surface area (Å²) >= 11 is 0. The van der Waals surface area contributed by atoms with E-state index in [2.05, 4.69) is 20.2 Å². The van der Waals surface area contributed by atoms with Gasteiger partial charge in [0.1, 0.15) is 65.1 Å². The molecule has 8 atom stereocenters. The van der Waals surface area contributed by atoms with Crippen LogP contribution in [0.25, 0.3) is 11.0 Å². The number of carboxylic acid groups (broad SMARTS) is 1. The average molecular weight is 699 g/mol. The van der Waals surface area contributed by atoms with E-state index < -0.39 is 66.4 Å². The summed E-state index contributed by atoms with van der Waals surface area (Å²) < 4.78 is 19.1. The van der Waals surface area contributed by atoms with E-state index in [4.69, 9.17) is 40.7 Å². The second kappa shape index (κ2) is 14.8. The van der Waals surface area contributed by atoms with E-state index in [0.29, 0.717) is 16.7 Å². The van der Waals surface area contributed by atoms with Crippen LogP contribution in [0, 0.1) is 0 Å². The Morgan fingerprint density at radius 3 is 1.65 bits per heavy atom. The molecule has 6 heterocycles. The summed E-state index contributed by atoms with van der Waals surface area (Å²) in [7, 11) is 2.34. The van der Waals surface area contributed by atoms with E-state index in [1.165, 1.54) is 48.7 Å². The van der Waals surface area contributed by atoms with Gasteiger partial charge in [-0.05, 0) is 38.1 Å². The number of aliphatic hydroxyl groups is 8. The van der Waals surface area contributed by atoms with Crippen molar-refractivity contribution in [3.63, 3.8) is 0 Å². The minimum Gasteiger partial charge on any atom is -0.481 e. The monoisotopic (exact) mass is 698 g/mol. The molecule has 1 unspecified atom stereocenters. The Hall–Kier alpha value is -4.13. The molecule has 0 aromatic carbocycles. The maximum atomic E-state index is 10.8. The molecule has 13 N–H and O–H groups in total. The molecule has 0 spiro atoms. The minimum absolute atomic E-state index is 0.0756. The highest BCUT2D eigenvalue weighted by Crippen LogP contribution is 2.48. The summed E-state index contributed by atoms with van der Waals surface area (Å²) in [4.78, 5) is 16.7. The Morgan fingerprint density at radius 1 is 0.837 bits per heavy atom. The lowest BCUT2D eigenvalue weighted by atomic mass is 9.88. The predicted octanol–water partition coefficient (Wildman–Crippen LogP) is -3.73. The second-order valence-corrected chi connectivity index (χ2v) is 11.2. The van der Waals surface area contributed by atoms with Gasteiger partial charge in [0, 0.05) is 21.1 Å². The van der Waals surface area contributed by atoms with Gasteiger partial charge in [0.25, 0.3) is 5.97 Å². The Bertz CT molecular complexity index is 1730. The zero-order chi connectivity index (χ0) is 37.1. The number of aliphatic hydroxyl groups excluding tert-OH is 5. The number of aliphatic carboxylic acids is 1. The standard InChI is InChI=1S/C13H18N4O5.C12H16N4O5.C2H4O2.CH4O/c1-12(20)10(19)8(5-18)22-13(12,21-2)9-4-3-7-11(14)15-6-16-17(7)9;1-11(19)9(18)7(4-17)21-12(11,20)8-3-2-6-10(13)14-5-15-16(6)8;1-2(3)4;1-2/h3-4,6,8,10,18-20H,5H2,1-2H3,(H2,14,15,16);2-3,5,7,9,17-20H,4H2,1H3,(H2,13,14,15);1H3,(H,3,4);2H,1H3/t8-,10-,12-,13+;7-,9-,11-,12?;;/m11../s1. The van der Waals surface area contributed by atoms with Gasteiger partial charge in [0.15, 0.2) is 17.2 Å². The number of nitrogen functional groups attached to an aromatic ring is 2. The molecule has 49 heavy (non-hydrogen) atoms. The van der Waals surface area contributed by atoms with Crippen molar-refractivity contribution in [3.8, 4) is 0 Å². The smallest absolute Gasteiger partial charge is 0.300 e. The van der Waals surface area contributed by atoms with E-state index >= 15 is 0 Å². The van der Waals surface area contributed by atoms with E-state index in [0.717, 1.165) is 14.0 Å². The fraction of sp³-hybridized carbons (Fsp3) is 0.536. The van der Waals surface area contributed by atoms with Gasteiger partial charge in [-0.1, -0.05) is 0 Å². The van der Waals surface area contributed by atoms with Gasteiger partial charge in [-0.2, -0.15) is 10.2 Å². The van der Waals surface area contributed by atoms with E-state index in [-0.39, 0.29) is 17.3 Å². The molecule has 272 valence electrons. The summed E-state index contributed by atoms with van der Waals surface area (Å²) in [5.41, 5.74) is 8.98. The summed E-state index contributed by atoms with van der Waals surface area (Å²) in [5, 5.41) is 93.3. The van der Waals surface area contributed by atoms with Gasteiger partial charge >= 0.3 is 0 Å². The van der Waals surface area contributed by atoms with E-state index in [1.54, 1.807) is 18.2 Å². The fourth-order valence-corrected chi connectivity index (χ4v) is 5.60. The summed E-state index contributed by atoms with van der Waals surface area (Å²) in [5.74, 6) is -4.36. The second-order valence-electron chi connectivity index (χ2n) is 11.2. The van der Waals surface area contributed by atoms with Crippen LogP contribution in [0.3, 0.4) is 0 Å². The van der Waals surface area contributed by atoms with Crippen LogP contribution < -0.4 is 11.5 Å². The Morgan fingerprint density at radius 2 is 1.24 bits per heavy atom. The summed E-state index contributed by atoms with van der Waals surface area (Å²) in [6, 6.07) is 6.29. The van der Waals surface area contributed by atoms with Gasteiger partial charge in [0.05, 0.1) is 13.2 Å². The quantitative estimate of drug-likeness (QED) is 0.0954. The first-order chi connectivity index (χ1) is 22.9. The van der Waals surface area contributed by atoms with Gasteiger partial charge < -0.3 is 71.6 Å². The number of methoxy groups -OCH3 is 1. The number of nitrogens with zero attached hydrogens (tertiary/aromatic N) is 6. The molecule has 21 nitrogen and oxygen atoms in total. The molecular weight excluding hydrogens is 656 g/mol. The molecule has 0 bridgehead atoms. The Kier molecular flexibility index (Phi) is 11.9. The number of anilines is 2. The molecular formula is C28H42N8O13. The van der Waals surface area contributed by atoms with E-state index in [1.807, 2.05) is 0 Å². The number of aromatic nitrogens is 6. The molecule has 4 aromatic heterocycles. The van der Waals surface area contributed by atoms with Crippen molar-refractivity contribution in [2.75, 3.05) is 38.9 Å². The zero-order valence-electron chi connectivity index (χ0n) is 27.2. The van der Waals surface area contributed by atoms with Gasteiger partial charge in [-0.3, -0.25) is 4.79 Å². The highest BCUT2D eigenvalue weighted by molar-refractivity contribution is 5.66. The van der Waals surface area contributed by atoms with Gasteiger partial charge in [-0.15, -0.1) is 0 Å². The van der Waals surface area contributed by atoms with Crippen molar-refractivity contribution < 1.29 is 65.0 Å². The summed E-state index contributed by atoms with van der Waals surface area (Å²) in [6.45, 7) is 2.65. The fourth-order valence-electron chi connectivity index (χ4n) is 5.60. The maximum Gasteiger partial charge on any atom is 0.300 e. The van der Waals surface area contributed by atoms with Crippen molar-refractivity contribution in [1.82, 2.24) is 29.2 Å². The van der Waals surface area contributed by atoms with Crippen LogP contribution in [0.15, 0.2) is 36.9 Å². The highest BCUT2D eigenvalue weighted by Gasteiger charge is 2.66. The van der Waals surface area contributed by atoms with E-state index in [9.17, 15) is 35.7 Å². The lowest BCUT2D eigenvalue weighted by Crippen LogP contribution is -2.54. The molecule has 0 radical (unpaired) electrons. The van der Waals surface area contributed by atoms with Crippen molar-refractivity contribution in [2.24, 2.45) is 0 Å². The topological polar surface area (TPSA) is 339 Å². The van der Waals surface area contributed by atoms with Crippen molar-refractivity contribution in [1.29, 1.82) is 0 Å². The first-order valence-corrected chi connectivity index (χ1v) is 14.4. The summed E-state index contributed by atoms with van der Waals surface area (Å²) in [6.07, 6.45) is -2.49. The first-order valence-electron chi connectivity index (χ1n) is 14.4. The number of fused-ring (bicyclic) bond motifs is 2. The highest BCUT2D eigenvalue weighted by atomic mass is 16.7. The molecule has 4 aromatic rings. The lowest BCUT2D eigenvalue weighted by Gasteiger charge is -2.37. The zero-order valence-corrected chi connectivity index (χ0v) is 27.2. The molecule has 0 aliphatic carbocycles. The molecule has 2 aliphatic heterocycles.